The lowest BCUT2D eigenvalue weighted by Gasteiger charge is -2.48. The summed E-state index contributed by atoms with van der Waals surface area (Å²) < 4.78 is 5.04. The first kappa shape index (κ1) is 16.0. The zero-order chi connectivity index (χ0) is 17.3. The molecule has 1 fully saturated rings. The van der Waals surface area contributed by atoms with Crippen molar-refractivity contribution in [2.45, 2.75) is 31.8 Å². The van der Waals surface area contributed by atoms with Crippen LogP contribution in [0.4, 0.5) is 5.69 Å². The van der Waals surface area contributed by atoms with E-state index in [1.165, 1.54) is 9.80 Å². The standard InChI is InChI=1S/C17H17N3O4/c1-2-10-19-15(22)12-5-3-4-6-13(12)20-14(21)7-8-17(19,20)16(23)24-11-9-18/h3-6H,2,7-8,10-11H2,1H3/t17-/m0/s1. The van der Waals surface area contributed by atoms with Crippen LogP contribution in [0.3, 0.4) is 0 Å². The van der Waals surface area contributed by atoms with Gasteiger partial charge in [0, 0.05) is 19.4 Å². The monoisotopic (exact) mass is 327 g/mol. The van der Waals surface area contributed by atoms with Crippen molar-refractivity contribution in [3.8, 4) is 6.07 Å². The van der Waals surface area contributed by atoms with E-state index in [4.69, 9.17) is 10.00 Å². The minimum Gasteiger partial charge on any atom is -0.447 e. The fourth-order valence-electron chi connectivity index (χ4n) is 3.49. The number of hydrogen-bond donors (Lipinski definition) is 0. The molecular weight excluding hydrogens is 310 g/mol. The molecular formula is C17H17N3O4. The van der Waals surface area contributed by atoms with Gasteiger partial charge in [-0.25, -0.2) is 4.79 Å². The second kappa shape index (κ2) is 5.96. The minimum atomic E-state index is -1.49. The summed E-state index contributed by atoms with van der Waals surface area (Å²) in [5.74, 6) is -1.26. The van der Waals surface area contributed by atoms with Crippen LogP contribution < -0.4 is 4.90 Å². The molecule has 2 heterocycles. The van der Waals surface area contributed by atoms with E-state index in [9.17, 15) is 14.4 Å². The SMILES string of the molecule is CCCN1C(=O)c2ccccc2N2C(=O)CC[C@]12C(=O)OCC#N. The van der Waals surface area contributed by atoms with E-state index in [-0.39, 0.29) is 24.7 Å². The van der Waals surface area contributed by atoms with Gasteiger partial charge in [-0.2, -0.15) is 5.26 Å². The molecule has 124 valence electrons. The van der Waals surface area contributed by atoms with Crippen molar-refractivity contribution in [2.24, 2.45) is 0 Å². The number of amides is 2. The number of nitriles is 1. The van der Waals surface area contributed by atoms with Crippen molar-refractivity contribution >= 4 is 23.5 Å². The zero-order valence-corrected chi connectivity index (χ0v) is 13.3. The van der Waals surface area contributed by atoms with Gasteiger partial charge >= 0.3 is 5.97 Å². The molecule has 1 aromatic carbocycles. The summed E-state index contributed by atoms with van der Waals surface area (Å²) in [5.41, 5.74) is -0.675. The van der Waals surface area contributed by atoms with E-state index in [1.54, 1.807) is 30.3 Å². The second-order valence-corrected chi connectivity index (χ2v) is 5.75. The summed E-state index contributed by atoms with van der Waals surface area (Å²) in [4.78, 5) is 41.1. The fraction of sp³-hybridized carbons (Fsp3) is 0.412. The Morgan fingerprint density at radius 2 is 2.12 bits per heavy atom. The molecule has 0 aromatic heterocycles. The van der Waals surface area contributed by atoms with Crippen LogP contribution in [-0.2, 0) is 14.3 Å². The lowest BCUT2D eigenvalue weighted by atomic mass is 9.96. The Kier molecular flexibility index (Phi) is 3.97. The average molecular weight is 327 g/mol. The van der Waals surface area contributed by atoms with Gasteiger partial charge in [0.1, 0.15) is 6.07 Å². The fourth-order valence-corrected chi connectivity index (χ4v) is 3.49. The Labute approximate surface area is 139 Å². The van der Waals surface area contributed by atoms with Crippen molar-refractivity contribution in [3.05, 3.63) is 29.8 Å². The van der Waals surface area contributed by atoms with Crippen LogP contribution >= 0.6 is 0 Å². The summed E-state index contributed by atoms with van der Waals surface area (Å²) in [6, 6.07) is 8.51. The number of rotatable bonds is 4. The molecule has 1 saturated heterocycles. The first-order chi connectivity index (χ1) is 11.6. The van der Waals surface area contributed by atoms with Gasteiger partial charge < -0.3 is 9.64 Å². The van der Waals surface area contributed by atoms with Gasteiger partial charge in [0.05, 0.1) is 11.3 Å². The molecule has 1 atom stereocenters. The van der Waals surface area contributed by atoms with Crippen LogP contribution in [0, 0.1) is 11.3 Å². The first-order valence-electron chi connectivity index (χ1n) is 7.86. The molecule has 0 saturated carbocycles. The van der Waals surface area contributed by atoms with Gasteiger partial charge in [0.15, 0.2) is 6.61 Å². The second-order valence-electron chi connectivity index (χ2n) is 5.75. The molecule has 0 radical (unpaired) electrons. The number of anilines is 1. The van der Waals surface area contributed by atoms with E-state index >= 15 is 0 Å². The largest absolute Gasteiger partial charge is 0.447 e. The van der Waals surface area contributed by atoms with E-state index in [1.807, 2.05) is 6.92 Å². The molecule has 0 unspecified atom stereocenters. The summed E-state index contributed by atoms with van der Waals surface area (Å²) in [6.45, 7) is 1.79. The molecule has 3 rings (SSSR count). The van der Waals surface area contributed by atoms with Gasteiger partial charge in [-0.3, -0.25) is 14.5 Å². The number of benzene rings is 1. The number of para-hydroxylation sites is 1. The highest BCUT2D eigenvalue weighted by molar-refractivity contribution is 6.15. The molecule has 1 aromatic rings. The Balaban J connectivity index is 2.19. The predicted molar refractivity (Wildman–Crippen MR) is 83.8 cm³/mol. The van der Waals surface area contributed by atoms with Gasteiger partial charge in [0.2, 0.25) is 11.6 Å². The summed E-state index contributed by atoms with van der Waals surface area (Å²) in [7, 11) is 0. The third kappa shape index (κ3) is 2.07. The van der Waals surface area contributed by atoms with Crippen LogP contribution in [0.15, 0.2) is 24.3 Å². The molecule has 2 aliphatic heterocycles. The predicted octanol–water partition coefficient (Wildman–Crippen LogP) is 1.44. The third-order valence-electron chi connectivity index (χ3n) is 4.42. The van der Waals surface area contributed by atoms with Crippen molar-refractivity contribution in [3.63, 3.8) is 0 Å². The molecule has 0 aliphatic carbocycles. The third-order valence-corrected chi connectivity index (χ3v) is 4.42. The Bertz CT molecular complexity index is 754. The van der Waals surface area contributed by atoms with E-state index in [2.05, 4.69) is 0 Å². The van der Waals surface area contributed by atoms with Crippen LogP contribution in [0.2, 0.25) is 0 Å². The minimum absolute atomic E-state index is 0.142. The summed E-state index contributed by atoms with van der Waals surface area (Å²) >= 11 is 0. The van der Waals surface area contributed by atoms with Gasteiger partial charge in [-0.1, -0.05) is 19.1 Å². The molecule has 0 bridgehead atoms. The summed E-state index contributed by atoms with van der Waals surface area (Å²) in [6.07, 6.45) is 0.933. The Morgan fingerprint density at radius 3 is 2.83 bits per heavy atom. The van der Waals surface area contributed by atoms with Crippen LogP contribution in [-0.4, -0.2) is 41.5 Å². The maximum atomic E-state index is 13.0. The Morgan fingerprint density at radius 1 is 1.38 bits per heavy atom. The number of carbonyl (C=O) groups excluding carboxylic acids is 3. The first-order valence-corrected chi connectivity index (χ1v) is 7.86. The number of carbonyl (C=O) groups is 3. The van der Waals surface area contributed by atoms with Gasteiger partial charge in [0.25, 0.3) is 5.91 Å². The Hall–Kier alpha value is -2.88. The van der Waals surface area contributed by atoms with E-state index in [0.717, 1.165) is 0 Å². The quantitative estimate of drug-likeness (QED) is 0.781. The highest BCUT2D eigenvalue weighted by Gasteiger charge is 2.61. The number of hydrogen-bond acceptors (Lipinski definition) is 5. The molecule has 7 heteroatoms. The van der Waals surface area contributed by atoms with Crippen molar-refractivity contribution in [1.82, 2.24) is 4.90 Å². The molecule has 7 nitrogen and oxygen atoms in total. The highest BCUT2D eigenvalue weighted by Crippen LogP contribution is 2.45. The summed E-state index contributed by atoms with van der Waals surface area (Å²) in [5, 5.41) is 8.69. The van der Waals surface area contributed by atoms with Crippen LogP contribution in [0.1, 0.15) is 36.5 Å². The topological polar surface area (TPSA) is 90.7 Å². The van der Waals surface area contributed by atoms with Crippen molar-refractivity contribution in [1.29, 1.82) is 5.26 Å². The van der Waals surface area contributed by atoms with E-state index in [0.29, 0.717) is 24.2 Å². The van der Waals surface area contributed by atoms with Gasteiger partial charge in [-0.15, -0.1) is 0 Å². The number of ether oxygens (including phenoxy) is 1. The lowest BCUT2D eigenvalue weighted by Crippen LogP contribution is -2.68. The van der Waals surface area contributed by atoms with Gasteiger partial charge in [-0.05, 0) is 18.6 Å². The average Bonchev–Trinajstić information content (AvgIpc) is 2.95. The van der Waals surface area contributed by atoms with Crippen molar-refractivity contribution < 1.29 is 19.1 Å². The molecule has 0 N–H and O–H groups in total. The zero-order valence-electron chi connectivity index (χ0n) is 13.3. The normalized spacial score (nSPS) is 22.0. The lowest BCUT2D eigenvalue weighted by molar-refractivity contribution is -0.155. The maximum absolute atomic E-state index is 13.0. The molecule has 0 spiro atoms. The molecule has 2 amide bonds. The number of esters is 1. The highest BCUT2D eigenvalue weighted by atomic mass is 16.5. The number of nitrogens with zero attached hydrogens (tertiary/aromatic N) is 3. The van der Waals surface area contributed by atoms with Crippen molar-refractivity contribution in [2.75, 3.05) is 18.1 Å². The van der Waals surface area contributed by atoms with Crippen LogP contribution in [0.5, 0.6) is 0 Å². The maximum Gasteiger partial charge on any atom is 0.354 e. The van der Waals surface area contributed by atoms with E-state index < -0.39 is 18.2 Å². The molecule has 24 heavy (non-hydrogen) atoms. The number of fused-ring (bicyclic) bond motifs is 3. The smallest absolute Gasteiger partial charge is 0.354 e. The molecule has 2 aliphatic rings. The van der Waals surface area contributed by atoms with Crippen LogP contribution in [0.25, 0.3) is 0 Å².